The van der Waals surface area contributed by atoms with Gasteiger partial charge in [-0.25, -0.2) is 4.39 Å². The molecule has 23 heavy (non-hydrogen) atoms. The van der Waals surface area contributed by atoms with E-state index in [1.165, 1.54) is 6.07 Å². The number of hydrogen-bond donors (Lipinski definition) is 2. The first-order valence-corrected chi connectivity index (χ1v) is 7.35. The van der Waals surface area contributed by atoms with Gasteiger partial charge in [0, 0.05) is 38.8 Å². The fourth-order valence-corrected chi connectivity index (χ4v) is 2.88. The minimum atomic E-state index is -4.59. The fourth-order valence-electron chi connectivity index (χ4n) is 2.88. The first-order valence-electron chi connectivity index (χ1n) is 7.35. The molecule has 0 amide bonds. The van der Waals surface area contributed by atoms with Gasteiger partial charge >= 0.3 is 6.18 Å². The lowest BCUT2D eigenvalue weighted by Crippen LogP contribution is -2.45. The molecule has 1 atom stereocenters. The van der Waals surface area contributed by atoms with Crippen molar-refractivity contribution < 1.29 is 22.7 Å². The molecule has 8 heteroatoms. The van der Waals surface area contributed by atoms with Crippen molar-refractivity contribution in [1.82, 2.24) is 10.2 Å². The number of aliphatic hydroxyl groups excluding tert-OH is 1. The molecule has 132 valence electrons. The molecule has 2 rings (SSSR count). The largest absolute Gasteiger partial charge is 0.416 e. The number of nitrogens with one attached hydrogen (secondary N) is 1. The second-order valence-electron chi connectivity index (χ2n) is 5.40. The number of hydrogen-bond acceptors (Lipinski definition) is 3. The maximum Gasteiger partial charge on any atom is 0.416 e. The van der Waals surface area contributed by atoms with Crippen LogP contribution in [0.5, 0.6) is 0 Å². The minimum absolute atomic E-state index is 0. The van der Waals surface area contributed by atoms with Crippen LogP contribution < -0.4 is 5.32 Å². The van der Waals surface area contributed by atoms with E-state index in [9.17, 15) is 17.6 Å². The average molecular weight is 357 g/mol. The van der Waals surface area contributed by atoms with Gasteiger partial charge in [0.2, 0.25) is 0 Å². The van der Waals surface area contributed by atoms with E-state index in [4.69, 9.17) is 5.11 Å². The Morgan fingerprint density at radius 2 is 1.87 bits per heavy atom. The van der Waals surface area contributed by atoms with E-state index in [-0.39, 0.29) is 24.6 Å². The van der Waals surface area contributed by atoms with Gasteiger partial charge < -0.3 is 10.4 Å². The van der Waals surface area contributed by atoms with Crippen molar-refractivity contribution in [1.29, 1.82) is 0 Å². The smallest absolute Gasteiger partial charge is 0.396 e. The van der Waals surface area contributed by atoms with E-state index in [0.717, 1.165) is 6.07 Å². The third-order valence-electron chi connectivity index (χ3n) is 3.91. The highest BCUT2D eigenvalue weighted by Crippen LogP contribution is 2.38. The second-order valence-corrected chi connectivity index (χ2v) is 5.40. The predicted molar refractivity (Wildman–Crippen MR) is 82.2 cm³/mol. The normalized spacial score (nSPS) is 17.6. The number of aliphatic hydroxyl groups is 1. The monoisotopic (exact) mass is 356 g/mol. The molecule has 0 unspecified atom stereocenters. The lowest BCUT2D eigenvalue weighted by molar-refractivity contribution is -0.139. The second kappa shape index (κ2) is 8.82. The van der Waals surface area contributed by atoms with E-state index in [2.05, 4.69) is 5.32 Å². The van der Waals surface area contributed by atoms with Crippen LogP contribution in [0.15, 0.2) is 18.2 Å². The van der Waals surface area contributed by atoms with Crippen molar-refractivity contribution in [3.8, 4) is 0 Å². The minimum Gasteiger partial charge on any atom is -0.396 e. The summed E-state index contributed by atoms with van der Waals surface area (Å²) in [7, 11) is 0. The van der Waals surface area contributed by atoms with Crippen LogP contribution in [0, 0.1) is 5.82 Å². The summed E-state index contributed by atoms with van der Waals surface area (Å²) in [5.74, 6) is -0.891. The van der Waals surface area contributed by atoms with Crippen molar-refractivity contribution >= 4 is 12.4 Å². The van der Waals surface area contributed by atoms with E-state index in [1.807, 2.05) is 4.90 Å². The summed E-state index contributed by atoms with van der Waals surface area (Å²) < 4.78 is 53.0. The standard InChI is InChI=1S/C15H20F4N2O.ClH/c16-11-3-4-12(13(10-11)15(17,18)19)14(2-1-9-22)21-7-5-20-6-8-21;/h3-4,10,14,20,22H,1-2,5-9H2;1H/t14-;/m1./s1. The molecule has 0 spiro atoms. The first kappa shape index (κ1) is 20.2. The summed E-state index contributed by atoms with van der Waals surface area (Å²) in [5, 5.41) is 12.2. The molecule has 0 bridgehead atoms. The Balaban J connectivity index is 0.00000264. The zero-order valence-electron chi connectivity index (χ0n) is 12.6. The van der Waals surface area contributed by atoms with Crippen LogP contribution in [0.1, 0.15) is 30.0 Å². The van der Waals surface area contributed by atoms with Crippen LogP contribution in [0.3, 0.4) is 0 Å². The van der Waals surface area contributed by atoms with E-state index in [0.29, 0.717) is 45.1 Å². The van der Waals surface area contributed by atoms with Gasteiger partial charge in [-0.15, -0.1) is 12.4 Å². The van der Waals surface area contributed by atoms with E-state index >= 15 is 0 Å². The highest BCUT2D eigenvalue weighted by Gasteiger charge is 2.37. The summed E-state index contributed by atoms with van der Waals surface area (Å²) in [4.78, 5) is 1.97. The molecule has 1 saturated heterocycles. The summed E-state index contributed by atoms with van der Waals surface area (Å²) in [6.07, 6.45) is -3.78. The lowest BCUT2D eigenvalue weighted by atomic mass is 9.94. The van der Waals surface area contributed by atoms with Gasteiger partial charge in [-0.1, -0.05) is 6.07 Å². The molecule has 1 heterocycles. The van der Waals surface area contributed by atoms with Crippen molar-refractivity contribution in [3.63, 3.8) is 0 Å². The molecule has 0 saturated carbocycles. The Labute approximate surface area is 139 Å². The van der Waals surface area contributed by atoms with Gasteiger partial charge in [0.05, 0.1) is 5.56 Å². The third-order valence-corrected chi connectivity index (χ3v) is 3.91. The quantitative estimate of drug-likeness (QED) is 0.796. The maximum absolute atomic E-state index is 13.3. The summed E-state index contributed by atoms with van der Waals surface area (Å²) >= 11 is 0. The average Bonchev–Trinajstić information content (AvgIpc) is 2.49. The Morgan fingerprint density at radius 1 is 1.22 bits per heavy atom. The molecule has 1 aromatic carbocycles. The molecule has 1 aliphatic rings. The fraction of sp³-hybridized carbons (Fsp3) is 0.600. The molecule has 1 aliphatic heterocycles. The van der Waals surface area contributed by atoms with Gasteiger partial charge in [0.25, 0.3) is 0 Å². The van der Waals surface area contributed by atoms with Crippen molar-refractivity contribution in [2.75, 3.05) is 32.8 Å². The lowest BCUT2D eigenvalue weighted by Gasteiger charge is -2.36. The number of alkyl halides is 3. The van der Waals surface area contributed by atoms with Crippen LogP contribution in [0.25, 0.3) is 0 Å². The molecule has 0 aliphatic carbocycles. The van der Waals surface area contributed by atoms with E-state index in [1.54, 1.807) is 0 Å². The van der Waals surface area contributed by atoms with Crippen molar-refractivity contribution in [2.45, 2.75) is 25.1 Å². The summed E-state index contributed by atoms with van der Waals surface area (Å²) in [5.41, 5.74) is -0.835. The van der Waals surface area contributed by atoms with Crippen molar-refractivity contribution in [2.24, 2.45) is 0 Å². The van der Waals surface area contributed by atoms with Crippen LogP contribution in [0.4, 0.5) is 17.6 Å². The molecular formula is C15H21ClF4N2O. The Morgan fingerprint density at radius 3 is 2.43 bits per heavy atom. The first-order chi connectivity index (χ1) is 10.4. The zero-order valence-corrected chi connectivity index (χ0v) is 13.4. The molecule has 0 aromatic heterocycles. The molecule has 3 nitrogen and oxygen atoms in total. The van der Waals surface area contributed by atoms with Crippen LogP contribution in [0.2, 0.25) is 0 Å². The number of halogens is 5. The summed E-state index contributed by atoms with van der Waals surface area (Å²) in [6.45, 7) is 2.59. The van der Waals surface area contributed by atoms with Gasteiger partial charge in [0.1, 0.15) is 5.82 Å². The molecule has 1 fully saturated rings. The SMILES string of the molecule is Cl.OCCC[C@H](c1ccc(F)cc1C(F)(F)F)N1CCNCC1. The predicted octanol–water partition coefficient (Wildman–Crippen LogP) is 2.99. The highest BCUT2D eigenvalue weighted by molar-refractivity contribution is 5.85. The topological polar surface area (TPSA) is 35.5 Å². The van der Waals surface area contributed by atoms with Crippen LogP contribution in [-0.4, -0.2) is 42.8 Å². The molecular weight excluding hydrogens is 336 g/mol. The van der Waals surface area contributed by atoms with Crippen LogP contribution >= 0.6 is 12.4 Å². The number of nitrogens with zero attached hydrogens (tertiary/aromatic N) is 1. The Bertz CT molecular complexity index is 493. The van der Waals surface area contributed by atoms with Gasteiger partial charge in [0.15, 0.2) is 0 Å². The van der Waals surface area contributed by atoms with Crippen molar-refractivity contribution in [3.05, 3.63) is 35.1 Å². The number of rotatable bonds is 5. The highest BCUT2D eigenvalue weighted by atomic mass is 35.5. The third kappa shape index (κ3) is 5.31. The zero-order chi connectivity index (χ0) is 16.2. The van der Waals surface area contributed by atoms with Crippen LogP contribution in [-0.2, 0) is 6.18 Å². The molecule has 1 aromatic rings. The van der Waals surface area contributed by atoms with Gasteiger partial charge in [-0.3, -0.25) is 4.90 Å². The maximum atomic E-state index is 13.3. The molecule has 0 radical (unpaired) electrons. The Hall–Kier alpha value is -0.890. The number of piperazine rings is 1. The van der Waals surface area contributed by atoms with E-state index < -0.39 is 23.6 Å². The number of benzene rings is 1. The van der Waals surface area contributed by atoms with Gasteiger partial charge in [-0.05, 0) is 30.5 Å². The van der Waals surface area contributed by atoms with Gasteiger partial charge in [-0.2, -0.15) is 13.2 Å². The molecule has 2 N–H and O–H groups in total. The summed E-state index contributed by atoms with van der Waals surface area (Å²) in [6, 6.07) is 2.39. The Kier molecular flexibility index (Phi) is 7.73.